The Kier molecular flexibility index (Phi) is 36.0. The van der Waals surface area contributed by atoms with Crippen molar-refractivity contribution in [1.29, 1.82) is 0 Å². The first kappa shape index (κ1) is 45.3. The van der Waals surface area contributed by atoms with Crippen molar-refractivity contribution in [2.24, 2.45) is 7.05 Å². The fraction of sp³-hybridized carbons (Fsp3) is 0.344. The monoisotopic (exact) mass is 565 g/mol. The minimum atomic E-state index is 0. The van der Waals surface area contributed by atoms with E-state index in [9.17, 15) is 0 Å². The molecule has 0 spiro atoms. The topological polar surface area (TPSA) is 43.6 Å². The van der Waals surface area contributed by atoms with Crippen LogP contribution in [-0.2, 0) is 7.05 Å². The van der Waals surface area contributed by atoms with Crippen LogP contribution in [0, 0.1) is 40.2 Å². The van der Waals surface area contributed by atoms with Gasteiger partial charge in [-0.15, -0.1) is 23.0 Å². The molecule has 4 nitrogen and oxygen atoms in total. The molecule has 1 aromatic carbocycles. The summed E-state index contributed by atoms with van der Waals surface area (Å²) in [7, 11) is 1.89. The van der Waals surface area contributed by atoms with Crippen molar-refractivity contribution in [2.75, 3.05) is 0 Å². The molecule has 0 aliphatic rings. The molecule has 0 amide bonds. The summed E-state index contributed by atoms with van der Waals surface area (Å²) in [5.74, 6) is 0. The number of hydrogen-bond donors (Lipinski definition) is 0. The third kappa shape index (κ3) is 19.4. The third-order valence-electron chi connectivity index (χ3n) is 3.78. The molecule has 3 rings (SSSR count). The molecule has 0 saturated heterocycles. The fourth-order valence-electron chi connectivity index (χ4n) is 2.58. The molecule has 3 aromatic rings. The van der Waals surface area contributed by atoms with Crippen LogP contribution >= 0.6 is 0 Å². The predicted octanol–water partition coefficient (Wildman–Crippen LogP) is 1.35. The van der Waals surface area contributed by atoms with Gasteiger partial charge in [-0.05, 0) is 24.6 Å². The number of aromatic nitrogens is 4. The van der Waals surface area contributed by atoms with Crippen LogP contribution in [0.1, 0.15) is 66.5 Å². The molecule has 38 heavy (non-hydrogen) atoms. The van der Waals surface area contributed by atoms with Crippen molar-refractivity contribution in [2.45, 2.75) is 67.7 Å². The van der Waals surface area contributed by atoms with E-state index in [1.807, 2.05) is 104 Å². The van der Waals surface area contributed by atoms with Crippen LogP contribution in [0.2, 0.25) is 0 Å². The zero-order valence-corrected chi connectivity index (χ0v) is 32.2. The first-order valence-corrected chi connectivity index (χ1v) is 12.5. The van der Waals surface area contributed by atoms with Crippen molar-refractivity contribution < 1.29 is 103 Å². The van der Waals surface area contributed by atoms with Gasteiger partial charge in [0.05, 0.1) is 11.4 Å². The number of nitrogens with zero attached hydrogens (tertiary/aromatic N) is 4. The summed E-state index contributed by atoms with van der Waals surface area (Å²) in [4.78, 5) is 4.58. The van der Waals surface area contributed by atoms with Gasteiger partial charge in [-0.1, -0.05) is 51.1 Å². The molecule has 0 aliphatic carbocycles. The van der Waals surface area contributed by atoms with Gasteiger partial charge in [0.1, 0.15) is 5.69 Å². The van der Waals surface area contributed by atoms with Crippen LogP contribution in [-0.4, -0.2) is 20.0 Å². The molecule has 2 aromatic heterocycles. The summed E-state index contributed by atoms with van der Waals surface area (Å²) in [6.45, 7) is 28.5. The summed E-state index contributed by atoms with van der Waals surface area (Å²) in [6.07, 6.45) is 11.9. The van der Waals surface area contributed by atoms with E-state index >= 15 is 0 Å². The van der Waals surface area contributed by atoms with E-state index in [0.29, 0.717) is 0 Å². The van der Waals surface area contributed by atoms with Crippen molar-refractivity contribution in [3.63, 3.8) is 0 Å². The fourth-order valence-corrected chi connectivity index (χ4v) is 2.58. The Labute approximate surface area is 319 Å². The second-order valence-electron chi connectivity index (χ2n) is 7.67. The van der Waals surface area contributed by atoms with Gasteiger partial charge in [0, 0.05) is 12.7 Å². The van der Waals surface area contributed by atoms with E-state index in [2.05, 4.69) is 54.8 Å². The summed E-state index contributed by atoms with van der Waals surface area (Å²) >= 11 is 0. The Balaban J connectivity index is -0.000000355. The van der Waals surface area contributed by atoms with Crippen molar-refractivity contribution in [1.82, 2.24) is 20.0 Å². The van der Waals surface area contributed by atoms with E-state index in [-0.39, 0.29) is 103 Å². The summed E-state index contributed by atoms with van der Waals surface area (Å²) < 4.78 is 1.78. The first-order chi connectivity index (χ1) is 17.3. The van der Waals surface area contributed by atoms with E-state index in [4.69, 9.17) is 0 Å². The van der Waals surface area contributed by atoms with E-state index < -0.39 is 0 Å². The van der Waals surface area contributed by atoms with Crippen LogP contribution in [0.5, 0.6) is 0 Å². The second-order valence-corrected chi connectivity index (χ2v) is 7.67. The molecule has 6 heteroatoms. The van der Waals surface area contributed by atoms with E-state index in [1.54, 1.807) is 4.68 Å². The molecule has 200 valence electrons. The standard InChI is InChI=1S/C20H19N4.4C3H7.2K/c1-5-6-9-16-13-17(12-11-14(16)2)20-19(22-23-24(20)4)18-10-7-8-15(3)21-18;4*1-3-2;;/h5,7-13H,2H2,1,3-4H3;3H,1-2H3;3*1,3H2,2H3;;/q5*-1;2*+1/b16-9-;;;;;;. The van der Waals surface area contributed by atoms with Crippen LogP contribution in [0.3, 0.4) is 0 Å². The van der Waals surface area contributed by atoms with Crippen LogP contribution in [0.25, 0.3) is 35.3 Å². The molecule has 0 fully saturated rings. The van der Waals surface area contributed by atoms with Gasteiger partial charge in [-0.2, -0.15) is 44.4 Å². The molecule has 0 atom stereocenters. The molecule has 2 heterocycles. The predicted molar refractivity (Wildman–Crippen MR) is 160 cm³/mol. The zero-order chi connectivity index (χ0) is 27.9. The number of hydrogen-bond acceptors (Lipinski definition) is 3. The van der Waals surface area contributed by atoms with Crippen molar-refractivity contribution in [3.05, 3.63) is 91.9 Å². The van der Waals surface area contributed by atoms with Crippen LogP contribution < -0.4 is 113 Å². The number of pyridine rings is 1. The largest absolute Gasteiger partial charge is 1.00 e. The number of benzene rings is 1. The average molecular weight is 566 g/mol. The van der Waals surface area contributed by atoms with Crippen molar-refractivity contribution in [3.8, 4) is 22.6 Å². The quantitative estimate of drug-likeness (QED) is 0.356. The van der Waals surface area contributed by atoms with Gasteiger partial charge < -0.3 is 27.2 Å². The molecule has 0 bridgehead atoms. The van der Waals surface area contributed by atoms with Gasteiger partial charge in [0.25, 0.3) is 0 Å². The van der Waals surface area contributed by atoms with Gasteiger partial charge in [0.2, 0.25) is 0 Å². The molecule has 0 aliphatic heterocycles. The maximum absolute atomic E-state index is 4.58. The van der Waals surface area contributed by atoms with Crippen molar-refractivity contribution >= 4 is 12.7 Å². The first-order valence-electron chi connectivity index (χ1n) is 12.5. The number of rotatable bonds is 3. The smallest absolute Gasteiger partial charge is 0.344 e. The van der Waals surface area contributed by atoms with Gasteiger partial charge in [0.15, 0.2) is 0 Å². The second kappa shape index (κ2) is 30.2. The van der Waals surface area contributed by atoms with Crippen LogP contribution in [0.15, 0.2) is 42.5 Å². The molecule has 0 N–H and O–H groups in total. The maximum atomic E-state index is 4.58. The molecule has 0 radical (unpaired) electrons. The molecular formula is C32H47K2N4-3. The Morgan fingerprint density at radius 3 is 2.00 bits per heavy atom. The Morgan fingerprint density at radius 2 is 1.53 bits per heavy atom. The Bertz CT molecular complexity index is 1080. The molecular weight excluding hydrogens is 519 g/mol. The third-order valence-corrected chi connectivity index (χ3v) is 3.78. The number of aryl methyl sites for hydroxylation is 2. The zero-order valence-electron chi connectivity index (χ0n) is 25.9. The minimum absolute atomic E-state index is 0. The number of allylic oxidation sites excluding steroid dienone is 2. The minimum Gasteiger partial charge on any atom is -0.344 e. The van der Waals surface area contributed by atoms with E-state index in [0.717, 1.165) is 58.0 Å². The molecule has 0 saturated carbocycles. The SMILES string of the molecule is C=c1ccc(-c2c(-c3cccc(C)n3)nnn2C)c/c1=C/[C-]=CC.C[CH-]C.[CH2-]CC.[CH2-]CC.[CH2-]CC.[K+].[K+]. The Morgan fingerprint density at radius 1 is 1.00 bits per heavy atom. The van der Waals surface area contributed by atoms with Gasteiger partial charge in [-0.3, -0.25) is 11.1 Å². The molecule has 0 unspecified atom stereocenters. The summed E-state index contributed by atoms with van der Waals surface area (Å²) in [5.41, 5.74) is 4.51. The van der Waals surface area contributed by atoms with Gasteiger partial charge in [-0.25, -0.2) is 10.8 Å². The summed E-state index contributed by atoms with van der Waals surface area (Å²) in [5, 5.41) is 10.5. The maximum Gasteiger partial charge on any atom is 1.00 e. The van der Waals surface area contributed by atoms with Gasteiger partial charge >= 0.3 is 103 Å². The van der Waals surface area contributed by atoms with Crippen LogP contribution in [0.4, 0.5) is 0 Å². The average Bonchev–Trinajstić information content (AvgIpc) is 3.22. The van der Waals surface area contributed by atoms with E-state index in [1.165, 1.54) is 0 Å². The normalized spacial score (nSPS) is 9.61. The summed E-state index contributed by atoms with van der Waals surface area (Å²) in [6, 6.07) is 12.0. The Hall–Kier alpha value is 0.263.